The normalized spacial score (nSPS) is 27.8. The van der Waals surface area contributed by atoms with Crippen LogP contribution in [0.1, 0.15) is 24.3 Å². The fourth-order valence-corrected chi connectivity index (χ4v) is 6.39. The Kier molecular flexibility index (Phi) is 5.48. The second-order valence-electron chi connectivity index (χ2n) is 8.80. The molecule has 9 nitrogen and oxygen atoms in total. The van der Waals surface area contributed by atoms with Gasteiger partial charge in [-0.3, -0.25) is 19.2 Å². The van der Waals surface area contributed by atoms with E-state index in [9.17, 15) is 29.1 Å². The molecule has 0 bridgehead atoms. The van der Waals surface area contributed by atoms with Crippen molar-refractivity contribution in [3.8, 4) is 11.5 Å². The highest BCUT2D eigenvalue weighted by molar-refractivity contribution is 9.12. The Hall–Kier alpha value is -3.24. The van der Waals surface area contributed by atoms with Crippen LogP contribution in [0.3, 0.4) is 0 Å². The van der Waals surface area contributed by atoms with E-state index in [1.165, 1.54) is 25.3 Å². The zero-order valence-electron chi connectivity index (χ0n) is 18.2. The van der Waals surface area contributed by atoms with Gasteiger partial charge in [0.05, 0.1) is 28.5 Å². The molecule has 4 aliphatic rings. The van der Waals surface area contributed by atoms with Gasteiger partial charge in [0.2, 0.25) is 11.8 Å². The smallest absolute Gasteiger partial charge is 0.328 e. The van der Waals surface area contributed by atoms with Gasteiger partial charge < -0.3 is 15.6 Å². The third kappa shape index (κ3) is 3.30. The predicted octanol–water partition coefficient (Wildman–Crippen LogP) is 2.89. The number of allylic oxidation sites excluding steroid dienone is 6. The van der Waals surface area contributed by atoms with Crippen molar-refractivity contribution < 1.29 is 33.8 Å². The second-order valence-corrected chi connectivity index (χ2v) is 10.1. The molecule has 1 aliphatic heterocycles. The van der Waals surface area contributed by atoms with Gasteiger partial charge in [0.1, 0.15) is 0 Å². The molecule has 1 aromatic rings. The number of ether oxygens (including phenoxy) is 1. The summed E-state index contributed by atoms with van der Waals surface area (Å²) in [4.78, 5) is 64.6. The van der Waals surface area contributed by atoms with Crippen molar-refractivity contribution in [2.24, 2.45) is 23.5 Å². The van der Waals surface area contributed by atoms with Gasteiger partial charge in [0, 0.05) is 23.1 Å². The molecule has 0 spiro atoms. The molecule has 11 heteroatoms. The van der Waals surface area contributed by atoms with Crippen LogP contribution in [-0.4, -0.2) is 46.5 Å². The zero-order chi connectivity index (χ0) is 25.3. The highest BCUT2D eigenvalue weighted by atomic mass is 79.9. The molecule has 1 fully saturated rings. The lowest BCUT2D eigenvalue weighted by Gasteiger charge is -2.42. The number of fused-ring (bicyclic) bond motifs is 3. The van der Waals surface area contributed by atoms with Crippen LogP contribution in [0.5, 0.6) is 11.5 Å². The number of carbonyl (C=O) groups excluding carboxylic acids is 5. The molecule has 0 aromatic heterocycles. The minimum Gasteiger partial charge on any atom is -0.503 e. The van der Waals surface area contributed by atoms with Gasteiger partial charge in [-0.25, -0.2) is 4.79 Å². The van der Waals surface area contributed by atoms with E-state index in [-0.39, 0.29) is 50.8 Å². The van der Waals surface area contributed by atoms with E-state index in [0.717, 1.165) is 0 Å². The number of benzene rings is 1. The first-order valence-corrected chi connectivity index (χ1v) is 11.9. The van der Waals surface area contributed by atoms with Crippen LogP contribution in [0.25, 0.3) is 0 Å². The Balaban J connectivity index is 1.73. The molecule has 4 amide bonds. The fourth-order valence-electron chi connectivity index (χ4n) is 5.72. The highest BCUT2D eigenvalue weighted by Crippen LogP contribution is 2.56. The lowest BCUT2D eigenvalue weighted by molar-refractivity contribution is -0.136. The average molecular weight is 562 g/mol. The summed E-state index contributed by atoms with van der Waals surface area (Å²) >= 11 is 9.40. The molecule has 4 atom stereocenters. The van der Waals surface area contributed by atoms with Gasteiger partial charge in [0.25, 0.3) is 0 Å². The number of amides is 4. The lowest BCUT2D eigenvalue weighted by atomic mass is 9.59. The molecule has 0 saturated carbocycles. The van der Waals surface area contributed by atoms with E-state index in [1.807, 2.05) is 0 Å². The number of hydrogen-bond acceptors (Lipinski definition) is 7. The van der Waals surface area contributed by atoms with E-state index in [4.69, 9.17) is 22.1 Å². The summed E-state index contributed by atoms with van der Waals surface area (Å²) in [6.45, 7) is 0. The molecule has 3 aliphatic carbocycles. The molecule has 1 aromatic carbocycles. The first-order chi connectivity index (χ1) is 16.6. The maximum atomic E-state index is 13.2. The molecule has 0 radical (unpaired) electrons. The number of methoxy groups -OCH3 is 1. The van der Waals surface area contributed by atoms with Crippen LogP contribution in [-0.2, 0) is 19.2 Å². The number of ketones is 2. The van der Waals surface area contributed by atoms with Crippen LogP contribution < -0.4 is 10.5 Å². The molecular formula is C24H18BrClN2O7. The third-order valence-corrected chi connectivity index (χ3v) is 8.03. The molecular weight excluding hydrogens is 544 g/mol. The molecule has 35 heavy (non-hydrogen) atoms. The number of phenols is 1. The third-order valence-electron chi connectivity index (χ3n) is 7.16. The second kappa shape index (κ2) is 8.17. The Morgan fingerprint density at radius 2 is 1.91 bits per heavy atom. The maximum absolute atomic E-state index is 13.2. The topological polar surface area (TPSA) is 144 Å². The minimum absolute atomic E-state index is 0.0174. The summed E-state index contributed by atoms with van der Waals surface area (Å²) in [5.41, 5.74) is 6.90. The summed E-state index contributed by atoms with van der Waals surface area (Å²) in [7, 11) is 1.35. The van der Waals surface area contributed by atoms with Crippen molar-refractivity contribution in [3.05, 3.63) is 56.1 Å². The lowest BCUT2D eigenvalue weighted by Crippen LogP contribution is -2.42. The van der Waals surface area contributed by atoms with E-state index in [2.05, 4.69) is 15.9 Å². The number of nitrogens with zero attached hydrogens (tertiary/aromatic N) is 1. The number of likely N-dealkylation sites (tertiary alicyclic amines) is 1. The molecule has 5 rings (SSSR count). The number of imide groups is 3. The van der Waals surface area contributed by atoms with Gasteiger partial charge in [-0.15, -0.1) is 0 Å². The Labute approximate surface area is 212 Å². The Bertz CT molecular complexity index is 1360. The quantitative estimate of drug-likeness (QED) is 0.321. The Morgan fingerprint density at radius 1 is 1.20 bits per heavy atom. The monoisotopic (exact) mass is 560 g/mol. The summed E-state index contributed by atoms with van der Waals surface area (Å²) in [6, 6.07) is 1.86. The van der Waals surface area contributed by atoms with Crippen molar-refractivity contribution in [2.45, 2.75) is 18.8 Å². The van der Waals surface area contributed by atoms with Crippen molar-refractivity contribution in [2.75, 3.05) is 7.11 Å². The number of rotatable bonds is 2. The van der Waals surface area contributed by atoms with E-state index >= 15 is 0 Å². The number of carbonyl (C=O) groups is 5. The van der Waals surface area contributed by atoms with Gasteiger partial charge in [-0.05, 0) is 52.4 Å². The van der Waals surface area contributed by atoms with Crippen LogP contribution >= 0.6 is 27.5 Å². The zero-order valence-corrected chi connectivity index (χ0v) is 20.6. The van der Waals surface area contributed by atoms with Gasteiger partial charge in [-0.1, -0.05) is 23.3 Å². The standard InChI is InChI=1S/C24H18BrClN2O7/c1-35-16-5-8(4-14(26)21(16)31)17-9-2-3-10-18(23(33)28(22(10)32)24(27)34)11(9)6-12-19(17)15(29)7-13(25)20(12)30/h2,4-5,7,10-11,17-18,31H,3,6H2,1H3,(H2,27,34)/t10-,11+,17-,18-/m0/s1. The van der Waals surface area contributed by atoms with Crippen LogP contribution in [0.15, 0.2) is 45.5 Å². The molecule has 0 unspecified atom stereocenters. The average Bonchev–Trinajstić information content (AvgIpc) is 3.08. The SMILES string of the molecule is COc1cc([C@H]2C3=CC[C@@H]4C(=O)N(C(N)=O)C(=O)[C@@H]4[C@@H]3CC3=C2C(=O)C=C(Br)C3=O)cc(Cl)c1O. The van der Waals surface area contributed by atoms with Gasteiger partial charge >= 0.3 is 6.03 Å². The predicted molar refractivity (Wildman–Crippen MR) is 126 cm³/mol. The van der Waals surface area contributed by atoms with Crippen molar-refractivity contribution >= 4 is 56.9 Å². The first kappa shape index (κ1) is 23.5. The van der Waals surface area contributed by atoms with E-state index in [1.54, 1.807) is 6.08 Å². The maximum Gasteiger partial charge on any atom is 0.328 e. The van der Waals surface area contributed by atoms with E-state index < -0.39 is 47.3 Å². The number of aromatic hydroxyl groups is 1. The van der Waals surface area contributed by atoms with Gasteiger partial charge in [-0.2, -0.15) is 4.90 Å². The highest BCUT2D eigenvalue weighted by Gasteiger charge is 2.57. The fraction of sp³-hybridized carbons (Fsp3) is 0.292. The summed E-state index contributed by atoms with van der Waals surface area (Å²) < 4.78 is 5.33. The summed E-state index contributed by atoms with van der Waals surface area (Å²) in [5, 5.41) is 10.2. The van der Waals surface area contributed by atoms with Crippen LogP contribution in [0.2, 0.25) is 5.02 Å². The first-order valence-electron chi connectivity index (χ1n) is 10.7. The van der Waals surface area contributed by atoms with Crippen molar-refractivity contribution in [1.29, 1.82) is 0 Å². The summed E-state index contributed by atoms with van der Waals surface area (Å²) in [5.74, 6) is -5.48. The van der Waals surface area contributed by atoms with Crippen LogP contribution in [0, 0.1) is 17.8 Å². The van der Waals surface area contributed by atoms with Crippen molar-refractivity contribution in [1.82, 2.24) is 4.90 Å². The molecule has 1 heterocycles. The van der Waals surface area contributed by atoms with Gasteiger partial charge in [0.15, 0.2) is 23.1 Å². The molecule has 3 N–H and O–H groups in total. The van der Waals surface area contributed by atoms with Crippen LogP contribution in [0.4, 0.5) is 4.79 Å². The number of hydrogen-bond donors (Lipinski definition) is 2. The Morgan fingerprint density at radius 3 is 2.57 bits per heavy atom. The number of nitrogens with two attached hydrogens (primary N) is 1. The molecule has 180 valence electrons. The largest absolute Gasteiger partial charge is 0.503 e. The van der Waals surface area contributed by atoms with Crippen molar-refractivity contribution in [3.63, 3.8) is 0 Å². The number of phenolic OH excluding ortho intramolecular Hbond substituents is 1. The summed E-state index contributed by atoms with van der Waals surface area (Å²) in [6.07, 6.45) is 3.20. The number of urea groups is 1. The number of primary amides is 1. The minimum atomic E-state index is -1.15. The number of Topliss-reactive ketones (excluding diaryl/α,β-unsaturated/α-hetero) is 1. The number of halogens is 2. The van der Waals surface area contributed by atoms with E-state index in [0.29, 0.717) is 16.0 Å². The molecule has 1 saturated heterocycles.